The lowest BCUT2D eigenvalue weighted by atomic mass is 10.1. The van der Waals surface area contributed by atoms with Gasteiger partial charge in [-0.15, -0.1) is 0 Å². The van der Waals surface area contributed by atoms with Gasteiger partial charge in [0, 0.05) is 25.2 Å². The van der Waals surface area contributed by atoms with E-state index in [0.29, 0.717) is 0 Å². The molecule has 0 amide bonds. The van der Waals surface area contributed by atoms with Gasteiger partial charge in [0.2, 0.25) is 0 Å². The quantitative estimate of drug-likeness (QED) is 0.760. The lowest BCUT2D eigenvalue weighted by Crippen LogP contribution is -2.20. The molecule has 0 aliphatic heterocycles. The molecule has 1 atom stereocenters. The van der Waals surface area contributed by atoms with E-state index in [1.165, 1.54) is 11.3 Å². The summed E-state index contributed by atoms with van der Waals surface area (Å²) in [5.41, 5.74) is 8.41. The van der Waals surface area contributed by atoms with Crippen LogP contribution < -0.4 is 5.73 Å². The number of nitrogens with zero attached hydrogens (tertiary/aromatic N) is 2. The molecule has 0 aliphatic carbocycles. The Morgan fingerprint density at radius 1 is 1.62 bits per heavy atom. The third-order valence-corrected chi connectivity index (χ3v) is 2.18. The molecule has 0 aromatic carbocycles. The van der Waals surface area contributed by atoms with Crippen molar-refractivity contribution in [3.8, 4) is 0 Å². The standard InChI is InChI=1S/C10H19N3/c1-4-5-9-7-12-13(3)10(9)6-8(2)11/h7-8H,4-6,11H2,1-3H3. The van der Waals surface area contributed by atoms with Crippen molar-refractivity contribution < 1.29 is 0 Å². The van der Waals surface area contributed by atoms with E-state index in [4.69, 9.17) is 5.73 Å². The monoisotopic (exact) mass is 181 g/mol. The minimum Gasteiger partial charge on any atom is -0.328 e. The van der Waals surface area contributed by atoms with Crippen molar-refractivity contribution in [2.24, 2.45) is 12.8 Å². The number of aromatic nitrogens is 2. The summed E-state index contributed by atoms with van der Waals surface area (Å²) < 4.78 is 1.94. The number of hydrogen-bond donors (Lipinski definition) is 1. The maximum atomic E-state index is 5.78. The van der Waals surface area contributed by atoms with Gasteiger partial charge >= 0.3 is 0 Å². The molecule has 0 spiro atoms. The zero-order valence-electron chi connectivity index (χ0n) is 8.75. The lowest BCUT2D eigenvalue weighted by Gasteiger charge is -2.08. The van der Waals surface area contributed by atoms with E-state index in [0.717, 1.165) is 19.3 Å². The van der Waals surface area contributed by atoms with Gasteiger partial charge < -0.3 is 5.73 Å². The molecular weight excluding hydrogens is 162 g/mol. The molecule has 1 aromatic rings. The van der Waals surface area contributed by atoms with Gasteiger partial charge in [-0.05, 0) is 18.9 Å². The van der Waals surface area contributed by atoms with E-state index in [2.05, 4.69) is 12.0 Å². The van der Waals surface area contributed by atoms with Gasteiger partial charge in [-0.2, -0.15) is 5.10 Å². The van der Waals surface area contributed by atoms with Crippen LogP contribution in [0.4, 0.5) is 0 Å². The molecule has 2 N–H and O–H groups in total. The minimum absolute atomic E-state index is 0.214. The van der Waals surface area contributed by atoms with Gasteiger partial charge in [0.05, 0.1) is 6.20 Å². The first kappa shape index (κ1) is 10.3. The van der Waals surface area contributed by atoms with Gasteiger partial charge in [0.1, 0.15) is 0 Å². The van der Waals surface area contributed by atoms with Crippen LogP contribution in [0.5, 0.6) is 0 Å². The molecule has 0 saturated carbocycles. The van der Waals surface area contributed by atoms with Crippen LogP contribution in [0.15, 0.2) is 6.20 Å². The van der Waals surface area contributed by atoms with Crippen LogP contribution in [-0.4, -0.2) is 15.8 Å². The molecule has 1 heterocycles. The van der Waals surface area contributed by atoms with Crippen LogP contribution in [0.1, 0.15) is 31.5 Å². The normalized spacial score (nSPS) is 13.2. The second-order valence-corrected chi connectivity index (χ2v) is 3.67. The van der Waals surface area contributed by atoms with E-state index < -0.39 is 0 Å². The van der Waals surface area contributed by atoms with Crippen molar-refractivity contribution in [2.75, 3.05) is 0 Å². The molecule has 0 saturated heterocycles. The molecule has 1 aromatic heterocycles. The van der Waals surface area contributed by atoms with E-state index >= 15 is 0 Å². The number of nitrogens with two attached hydrogens (primary N) is 1. The maximum absolute atomic E-state index is 5.78. The first-order valence-corrected chi connectivity index (χ1v) is 4.90. The van der Waals surface area contributed by atoms with Gasteiger partial charge in [0.15, 0.2) is 0 Å². The zero-order valence-corrected chi connectivity index (χ0v) is 8.75. The fourth-order valence-electron chi connectivity index (χ4n) is 1.55. The Morgan fingerprint density at radius 2 is 2.31 bits per heavy atom. The minimum atomic E-state index is 0.214. The third kappa shape index (κ3) is 2.56. The summed E-state index contributed by atoms with van der Waals surface area (Å²) in [4.78, 5) is 0. The molecule has 3 nitrogen and oxygen atoms in total. The van der Waals surface area contributed by atoms with E-state index in [1.807, 2.05) is 24.9 Å². The van der Waals surface area contributed by atoms with Crippen LogP contribution in [0.25, 0.3) is 0 Å². The van der Waals surface area contributed by atoms with Crippen molar-refractivity contribution in [1.82, 2.24) is 9.78 Å². The lowest BCUT2D eigenvalue weighted by molar-refractivity contribution is 0.645. The fourth-order valence-corrected chi connectivity index (χ4v) is 1.55. The number of rotatable bonds is 4. The molecule has 0 fully saturated rings. The predicted octanol–water partition coefficient (Wildman–Crippen LogP) is 1.26. The van der Waals surface area contributed by atoms with Crippen molar-refractivity contribution in [3.05, 3.63) is 17.5 Å². The van der Waals surface area contributed by atoms with Crippen LogP contribution in [0.2, 0.25) is 0 Å². The summed E-state index contributed by atoms with van der Waals surface area (Å²) in [6.07, 6.45) is 5.15. The summed E-state index contributed by atoms with van der Waals surface area (Å²) in [6.45, 7) is 4.21. The second kappa shape index (κ2) is 4.42. The molecule has 0 bridgehead atoms. The molecule has 74 valence electrons. The number of hydrogen-bond acceptors (Lipinski definition) is 2. The largest absolute Gasteiger partial charge is 0.328 e. The average Bonchev–Trinajstić information content (AvgIpc) is 2.36. The Kier molecular flexibility index (Phi) is 3.48. The molecule has 0 aliphatic rings. The Labute approximate surface area is 79.9 Å². The Bertz CT molecular complexity index is 263. The van der Waals surface area contributed by atoms with E-state index in [9.17, 15) is 0 Å². The number of aryl methyl sites for hydroxylation is 2. The zero-order chi connectivity index (χ0) is 9.84. The average molecular weight is 181 g/mol. The fraction of sp³-hybridized carbons (Fsp3) is 0.700. The van der Waals surface area contributed by atoms with Crippen LogP contribution in [0, 0.1) is 0 Å². The molecule has 1 unspecified atom stereocenters. The first-order valence-electron chi connectivity index (χ1n) is 4.90. The summed E-state index contributed by atoms with van der Waals surface area (Å²) >= 11 is 0. The highest BCUT2D eigenvalue weighted by atomic mass is 15.3. The first-order chi connectivity index (χ1) is 6.15. The topological polar surface area (TPSA) is 43.8 Å². The molecule has 0 radical (unpaired) electrons. The van der Waals surface area contributed by atoms with Crippen LogP contribution >= 0.6 is 0 Å². The SMILES string of the molecule is CCCc1cnn(C)c1CC(C)N. The van der Waals surface area contributed by atoms with E-state index in [1.54, 1.807) is 0 Å². The van der Waals surface area contributed by atoms with Gasteiger partial charge in [-0.25, -0.2) is 0 Å². The Balaban J connectivity index is 2.81. The molecular formula is C10H19N3. The predicted molar refractivity (Wildman–Crippen MR) is 54.6 cm³/mol. The molecule has 13 heavy (non-hydrogen) atoms. The second-order valence-electron chi connectivity index (χ2n) is 3.67. The highest BCUT2D eigenvalue weighted by Crippen LogP contribution is 2.11. The summed E-state index contributed by atoms with van der Waals surface area (Å²) in [6, 6.07) is 0.214. The van der Waals surface area contributed by atoms with Crippen molar-refractivity contribution in [1.29, 1.82) is 0 Å². The van der Waals surface area contributed by atoms with Gasteiger partial charge in [-0.3, -0.25) is 4.68 Å². The van der Waals surface area contributed by atoms with E-state index in [-0.39, 0.29) is 6.04 Å². The highest BCUT2D eigenvalue weighted by molar-refractivity contribution is 5.18. The van der Waals surface area contributed by atoms with Crippen LogP contribution in [0.3, 0.4) is 0 Å². The summed E-state index contributed by atoms with van der Waals surface area (Å²) in [7, 11) is 1.98. The smallest absolute Gasteiger partial charge is 0.0524 e. The van der Waals surface area contributed by atoms with Crippen molar-refractivity contribution >= 4 is 0 Å². The van der Waals surface area contributed by atoms with Crippen molar-refractivity contribution in [2.45, 2.75) is 39.2 Å². The Morgan fingerprint density at radius 3 is 2.85 bits per heavy atom. The summed E-state index contributed by atoms with van der Waals surface area (Å²) in [5, 5.41) is 4.25. The van der Waals surface area contributed by atoms with Crippen LogP contribution in [-0.2, 0) is 19.9 Å². The summed E-state index contributed by atoms with van der Waals surface area (Å²) in [5.74, 6) is 0. The highest BCUT2D eigenvalue weighted by Gasteiger charge is 2.08. The Hall–Kier alpha value is -0.830. The van der Waals surface area contributed by atoms with Gasteiger partial charge in [-0.1, -0.05) is 13.3 Å². The van der Waals surface area contributed by atoms with Crippen molar-refractivity contribution in [3.63, 3.8) is 0 Å². The third-order valence-electron chi connectivity index (χ3n) is 2.18. The maximum Gasteiger partial charge on any atom is 0.0524 e. The molecule has 1 rings (SSSR count). The van der Waals surface area contributed by atoms with Gasteiger partial charge in [0.25, 0.3) is 0 Å². The molecule has 3 heteroatoms.